The molecular formula is C24H24N4O7. The third kappa shape index (κ3) is 4.62. The van der Waals surface area contributed by atoms with Crippen molar-refractivity contribution in [1.29, 1.82) is 0 Å². The second-order valence-corrected chi connectivity index (χ2v) is 8.84. The lowest BCUT2D eigenvalue weighted by Gasteiger charge is -2.40. The molecule has 1 aromatic heterocycles. The number of nitrogens with one attached hydrogen (secondary N) is 2. The standard InChI is InChI=1S/C24H24N4O7/c29-15-9-20(30)23(21(10-15)34-16-4-2-14(3-5-16)28(32)33)22-11-18(27-35-22)24(31)26-19-12-25-8-7-13-1-6-17(13)19/h2-5,9-11,13,17,19,25,29-30H,1,6-8,12H2,(H,26,31). The molecule has 0 radical (unpaired) electrons. The van der Waals surface area contributed by atoms with Gasteiger partial charge in [-0.15, -0.1) is 0 Å². The van der Waals surface area contributed by atoms with Crippen LogP contribution in [0.25, 0.3) is 11.3 Å². The van der Waals surface area contributed by atoms with Gasteiger partial charge in [-0.2, -0.15) is 0 Å². The summed E-state index contributed by atoms with van der Waals surface area (Å²) in [5.41, 5.74) is 0.0103. The molecule has 0 spiro atoms. The van der Waals surface area contributed by atoms with Gasteiger partial charge in [-0.1, -0.05) is 5.16 Å². The van der Waals surface area contributed by atoms with Crippen LogP contribution in [0.5, 0.6) is 23.0 Å². The number of phenolic OH excluding ortho intramolecular Hbond substituents is 2. The molecule has 11 heteroatoms. The van der Waals surface area contributed by atoms with E-state index in [1.807, 2.05) is 0 Å². The molecule has 1 saturated heterocycles. The molecule has 11 nitrogen and oxygen atoms in total. The predicted octanol–water partition coefficient (Wildman–Crippen LogP) is 3.57. The summed E-state index contributed by atoms with van der Waals surface area (Å²) < 4.78 is 11.1. The minimum Gasteiger partial charge on any atom is -0.508 e. The summed E-state index contributed by atoms with van der Waals surface area (Å²) in [6.07, 6.45) is 3.39. The lowest BCUT2D eigenvalue weighted by Crippen LogP contribution is -2.49. The molecule has 3 unspecified atom stereocenters. The molecule has 182 valence electrons. The monoisotopic (exact) mass is 480 g/mol. The van der Waals surface area contributed by atoms with E-state index in [9.17, 15) is 25.1 Å². The second-order valence-electron chi connectivity index (χ2n) is 8.84. The van der Waals surface area contributed by atoms with Crippen LogP contribution < -0.4 is 15.4 Å². The van der Waals surface area contributed by atoms with Gasteiger partial charge in [-0.05, 0) is 49.8 Å². The van der Waals surface area contributed by atoms with Gasteiger partial charge in [0.15, 0.2) is 11.5 Å². The molecule has 4 N–H and O–H groups in total. The molecule has 1 aliphatic heterocycles. The Bertz CT molecular complexity index is 1260. The number of phenols is 2. The Balaban J connectivity index is 1.38. The average Bonchev–Trinajstić information content (AvgIpc) is 3.22. The molecule has 0 bridgehead atoms. The van der Waals surface area contributed by atoms with Crippen LogP contribution in [0.4, 0.5) is 5.69 Å². The van der Waals surface area contributed by atoms with Gasteiger partial charge in [0.25, 0.3) is 11.6 Å². The summed E-state index contributed by atoms with van der Waals surface area (Å²) >= 11 is 0. The Morgan fingerprint density at radius 1 is 1.17 bits per heavy atom. The molecular weight excluding hydrogens is 456 g/mol. The lowest BCUT2D eigenvalue weighted by atomic mass is 9.69. The predicted molar refractivity (Wildman–Crippen MR) is 123 cm³/mol. The number of benzene rings is 2. The zero-order valence-corrected chi connectivity index (χ0v) is 18.6. The first-order valence-corrected chi connectivity index (χ1v) is 11.4. The number of amides is 1. The van der Waals surface area contributed by atoms with Crippen molar-refractivity contribution in [1.82, 2.24) is 15.8 Å². The number of carbonyl (C=O) groups excluding carboxylic acids is 1. The maximum absolute atomic E-state index is 12.9. The number of fused-ring (bicyclic) bond motifs is 1. The van der Waals surface area contributed by atoms with E-state index in [1.54, 1.807) is 0 Å². The zero-order chi connectivity index (χ0) is 24.5. The highest BCUT2D eigenvalue weighted by Crippen LogP contribution is 2.43. The van der Waals surface area contributed by atoms with Gasteiger partial charge in [0.2, 0.25) is 0 Å². The van der Waals surface area contributed by atoms with Crippen LogP contribution in [0.3, 0.4) is 0 Å². The van der Waals surface area contributed by atoms with Gasteiger partial charge in [0.1, 0.15) is 28.6 Å². The number of nitro groups is 1. The number of nitrogens with zero attached hydrogens (tertiary/aromatic N) is 2. The van der Waals surface area contributed by atoms with Crippen molar-refractivity contribution < 1.29 is 29.2 Å². The van der Waals surface area contributed by atoms with Crippen molar-refractivity contribution in [3.05, 3.63) is 58.3 Å². The third-order valence-electron chi connectivity index (χ3n) is 6.70. The molecule has 2 fully saturated rings. The van der Waals surface area contributed by atoms with Gasteiger partial charge in [-0.3, -0.25) is 14.9 Å². The maximum atomic E-state index is 12.9. The van der Waals surface area contributed by atoms with Crippen molar-refractivity contribution in [2.24, 2.45) is 11.8 Å². The Kier molecular flexibility index (Phi) is 6.00. The highest BCUT2D eigenvalue weighted by Gasteiger charge is 2.39. The van der Waals surface area contributed by atoms with Crippen molar-refractivity contribution in [2.45, 2.75) is 25.3 Å². The number of nitro benzene ring substituents is 1. The number of non-ortho nitro benzene ring substituents is 1. The van der Waals surface area contributed by atoms with E-state index in [0.717, 1.165) is 25.5 Å². The number of hydrogen-bond acceptors (Lipinski definition) is 9. The lowest BCUT2D eigenvalue weighted by molar-refractivity contribution is -0.384. The molecule has 35 heavy (non-hydrogen) atoms. The van der Waals surface area contributed by atoms with Gasteiger partial charge in [0, 0.05) is 42.9 Å². The van der Waals surface area contributed by atoms with Crippen LogP contribution in [-0.4, -0.2) is 45.3 Å². The third-order valence-corrected chi connectivity index (χ3v) is 6.70. The SMILES string of the molecule is O=C(NC1CNCCC2CCC21)c1cc(-c2c(O)cc(O)cc2Oc2ccc([N+](=O)[O-])cc2)on1. The summed E-state index contributed by atoms with van der Waals surface area (Å²) in [6.45, 7) is 1.64. The summed E-state index contributed by atoms with van der Waals surface area (Å²) in [6, 6.07) is 9.07. The van der Waals surface area contributed by atoms with Crippen LogP contribution in [0.1, 0.15) is 29.8 Å². The fourth-order valence-corrected chi connectivity index (χ4v) is 4.76. The zero-order valence-electron chi connectivity index (χ0n) is 18.6. The molecule has 1 saturated carbocycles. The smallest absolute Gasteiger partial charge is 0.273 e. The van der Waals surface area contributed by atoms with E-state index in [2.05, 4.69) is 15.8 Å². The van der Waals surface area contributed by atoms with Crippen LogP contribution in [0.15, 0.2) is 47.0 Å². The van der Waals surface area contributed by atoms with Crippen molar-refractivity contribution in [3.8, 4) is 34.3 Å². The number of ether oxygens (including phenoxy) is 1. The van der Waals surface area contributed by atoms with Gasteiger partial charge in [0.05, 0.1) is 4.92 Å². The minimum atomic E-state index is -0.535. The summed E-state index contributed by atoms with van der Waals surface area (Å²) in [7, 11) is 0. The van der Waals surface area contributed by atoms with Gasteiger partial charge >= 0.3 is 0 Å². The summed E-state index contributed by atoms with van der Waals surface area (Å²) in [4.78, 5) is 23.2. The van der Waals surface area contributed by atoms with E-state index in [-0.39, 0.29) is 57.7 Å². The van der Waals surface area contributed by atoms with Crippen LogP contribution in [0, 0.1) is 22.0 Å². The van der Waals surface area contributed by atoms with E-state index < -0.39 is 4.92 Å². The summed E-state index contributed by atoms with van der Waals surface area (Å²) in [5.74, 6) is 0.381. The van der Waals surface area contributed by atoms with E-state index in [1.165, 1.54) is 42.8 Å². The molecule has 2 heterocycles. The summed E-state index contributed by atoms with van der Waals surface area (Å²) in [5, 5.41) is 41.6. The molecule has 1 amide bonds. The van der Waals surface area contributed by atoms with Crippen LogP contribution >= 0.6 is 0 Å². The minimum absolute atomic E-state index is 0.00649. The topological polar surface area (TPSA) is 160 Å². The van der Waals surface area contributed by atoms with Crippen molar-refractivity contribution >= 4 is 11.6 Å². The first-order valence-electron chi connectivity index (χ1n) is 11.4. The van der Waals surface area contributed by atoms with Gasteiger partial charge < -0.3 is 30.1 Å². The quantitative estimate of drug-likeness (QED) is 0.305. The van der Waals surface area contributed by atoms with E-state index in [0.29, 0.717) is 18.4 Å². The average molecular weight is 480 g/mol. The molecule has 2 aromatic carbocycles. The fourth-order valence-electron chi connectivity index (χ4n) is 4.76. The van der Waals surface area contributed by atoms with Crippen molar-refractivity contribution in [3.63, 3.8) is 0 Å². The molecule has 2 aliphatic rings. The molecule has 5 rings (SSSR count). The Hall–Kier alpha value is -4.12. The molecule has 3 aromatic rings. The number of rotatable bonds is 6. The number of aromatic hydroxyl groups is 2. The van der Waals surface area contributed by atoms with E-state index in [4.69, 9.17) is 9.26 Å². The Morgan fingerprint density at radius 2 is 1.97 bits per heavy atom. The normalized spacial score (nSPS) is 21.3. The second kappa shape index (κ2) is 9.26. The molecule has 1 aliphatic carbocycles. The largest absolute Gasteiger partial charge is 0.508 e. The Morgan fingerprint density at radius 3 is 2.69 bits per heavy atom. The highest BCUT2D eigenvalue weighted by molar-refractivity contribution is 5.93. The maximum Gasteiger partial charge on any atom is 0.273 e. The number of carbonyl (C=O) groups is 1. The number of aromatic nitrogens is 1. The van der Waals surface area contributed by atoms with Crippen LogP contribution in [0.2, 0.25) is 0 Å². The fraction of sp³-hybridized carbons (Fsp3) is 0.333. The van der Waals surface area contributed by atoms with Crippen LogP contribution in [-0.2, 0) is 0 Å². The van der Waals surface area contributed by atoms with Crippen molar-refractivity contribution in [2.75, 3.05) is 13.1 Å². The highest BCUT2D eigenvalue weighted by atomic mass is 16.6. The Labute approximate surface area is 199 Å². The molecule has 3 atom stereocenters. The van der Waals surface area contributed by atoms with E-state index >= 15 is 0 Å². The first-order chi connectivity index (χ1) is 16.9. The first kappa shape index (κ1) is 22.7. The van der Waals surface area contributed by atoms with Gasteiger partial charge in [-0.25, -0.2) is 0 Å². The number of hydrogen-bond donors (Lipinski definition) is 4.